The summed E-state index contributed by atoms with van der Waals surface area (Å²) in [7, 11) is -3.57. The highest BCUT2D eigenvalue weighted by Crippen LogP contribution is 2.26. The first-order valence-corrected chi connectivity index (χ1v) is 10.3. The van der Waals surface area contributed by atoms with Gasteiger partial charge in [0, 0.05) is 17.8 Å². The van der Waals surface area contributed by atoms with E-state index in [9.17, 15) is 8.42 Å². The van der Waals surface area contributed by atoms with Crippen LogP contribution in [0.4, 0.5) is 5.82 Å². The standard InChI is InChI=1S/C17H20ClN5O2S/c1-17(2,3)23-15-13(10-20-23)14(21-16(22-15)26(4,24)25)19-9-11-5-7-12(18)8-6-11/h5-8,10H,9H2,1-4H3,(H,19,21,22). The smallest absolute Gasteiger partial charge is 0.250 e. The number of nitrogens with zero attached hydrogens (tertiary/aromatic N) is 4. The third-order valence-electron chi connectivity index (χ3n) is 3.75. The normalized spacial score (nSPS) is 12.5. The van der Waals surface area contributed by atoms with E-state index in [0.717, 1.165) is 11.8 Å². The third-order valence-corrected chi connectivity index (χ3v) is 4.85. The van der Waals surface area contributed by atoms with Gasteiger partial charge in [-0.05, 0) is 38.5 Å². The lowest BCUT2D eigenvalue weighted by molar-refractivity contribution is 0.365. The van der Waals surface area contributed by atoms with Crippen molar-refractivity contribution in [3.05, 3.63) is 41.0 Å². The van der Waals surface area contributed by atoms with Gasteiger partial charge in [-0.25, -0.2) is 18.1 Å². The van der Waals surface area contributed by atoms with Crippen LogP contribution < -0.4 is 5.32 Å². The van der Waals surface area contributed by atoms with Crippen molar-refractivity contribution in [2.24, 2.45) is 0 Å². The van der Waals surface area contributed by atoms with Gasteiger partial charge in [0.05, 0.1) is 17.1 Å². The highest BCUT2D eigenvalue weighted by Gasteiger charge is 2.23. The summed E-state index contributed by atoms with van der Waals surface area (Å²) in [6, 6.07) is 7.38. The average molecular weight is 394 g/mol. The van der Waals surface area contributed by atoms with Gasteiger partial charge < -0.3 is 5.32 Å². The fourth-order valence-electron chi connectivity index (χ4n) is 2.47. The molecule has 0 saturated heterocycles. The third kappa shape index (κ3) is 3.81. The Morgan fingerprint density at radius 3 is 2.38 bits per heavy atom. The molecule has 0 aliphatic rings. The number of sulfone groups is 1. The van der Waals surface area contributed by atoms with Crippen LogP contribution in [0, 0.1) is 0 Å². The number of hydrogen-bond donors (Lipinski definition) is 1. The molecule has 2 aromatic heterocycles. The van der Waals surface area contributed by atoms with E-state index in [-0.39, 0.29) is 10.7 Å². The van der Waals surface area contributed by atoms with Gasteiger partial charge in [0.15, 0.2) is 5.65 Å². The second kappa shape index (κ2) is 6.51. The molecule has 0 amide bonds. The van der Waals surface area contributed by atoms with E-state index in [4.69, 9.17) is 11.6 Å². The fraction of sp³-hybridized carbons (Fsp3) is 0.353. The molecular formula is C17H20ClN5O2S. The minimum Gasteiger partial charge on any atom is -0.365 e. The van der Waals surface area contributed by atoms with Crippen molar-refractivity contribution in [3.8, 4) is 0 Å². The largest absolute Gasteiger partial charge is 0.365 e. The van der Waals surface area contributed by atoms with E-state index in [1.807, 2.05) is 32.9 Å². The highest BCUT2D eigenvalue weighted by atomic mass is 35.5. The molecule has 138 valence electrons. The van der Waals surface area contributed by atoms with Crippen molar-refractivity contribution in [1.29, 1.82) is 0 Å². The van der Waals surface area contributed by atoms with Crippen molar-refractivity contribution < 1.29 is 8.42 Å². The van der Waals surface area contributed by atoms with Crippen LogP contribution in [-0.2, 0) is 21.9 Å². The Hall–Kier alpha value is -2.19. The first kappa shape index (κ1) is 18.6. The lowest BCUT2D eigenvalue weighted by Crippen LogP contribution is -2.23. The number of halogens is 1. The summed E-state index contributed by atoms with van der Waals surface area (Å²) >= 11 is 5.90. The molecule has 2 heterocycles. The van der Waals surface area contributed by atoms with E-state index < -0.39 is 9.84 Å². The van der Waals surface area contributed by atoms with Gasteiger partial charge in [-0.2, -0.15) is 10.1 Å². The molecule has 7 nitrogen and oxygen atoms in total. The Labute approximate surface area is 157 Å². The average Bonchev–Trinajstić information content (AvgIpc) is 2.97. The topological polar surface area (TPSA) is 89.8 Å². The summed E-state index contributed by atoms with van der Waals surface area (Å²) in [5, 5.41) is 8.66. The molecule has 0 spiro atoms. The minimum atomic E-state index is -3.57. The van der Waals surface area contributed by atoms with Crippen LogP contribution in [-0.4, -0.2) is 34.4 Å². The molecule has 3 rings (SSSR count). The molecule has 0 bridgehead atoms. The molecule has 0 fully saturated rings. The first-order chi connectivity index (χ1) is 12.1. The molecule has 0 unspecified atom stereocenters. The van der Waals surface area contributed by atoms with Crippen molar-refractivity contribution in [3.63, 3.8) is 0 Å². The Morgan fingerprint density at radius 1 is 1.15 bits per heavy atom. The summed E-state index contributed by atoms with van der Waals surface area (Å²) < 4.78 is 25.8. The summed E-state index contributed by atoms with van der Waals surface area (Å²) in [6.45, 7) is 6.39. The van der Waals surface area contributed by atoms with E-state index in [1.165, 1.54) is 0 Å². The Kier molecular flexibility index (Phi) is 4.66. The molecule has 0 atom stereocenters. The molecule has 1 aromatic carbocycles. The zero-order chi connectivity index (χ0) is 19.1. The second-order valence-electron chi connectivity index (χ2n) is 7.07. The summed E-state index contributed by atoms with van der Waals surface area (Å²) in [4.78, 5) is 8.45. The SMILES string of the molecule is CC(C)(C)n1ncc2c(NCc3ccc(Cl)cc3)nc(S(C)(=O)=O)nc21. The first-order valence-electron chi connectivity index (χ1n) is 8.00. The van der Waals surface area contributed by atoms with Crippen molar-refractivity contribution in [2.75, 3.05) is 11.6 Å². The summed E-state index contributed by atoms with van der Waals surface area (Å²) in [5.74, 6) is 0.431. The van der Waals surface area contributed by atoms with Gasteiger partial charge in [0.1, 0.15) is 5.82 Å². The van der Waals surface area contributed by atoms with Crippen LogP contribution in [0.1, 0.15) is 26.3 Å². The molecule has 0 saturated carbocycles. The van der Waals surface area contributed by atoms with E-state index in [2.05, 4.69) is 20.4 Å². The molecule has 26 heavy (non-hydrogen) atoms. The van der Waals surface area contributed by atoms with Crippen LogP contribution in [0.5, 0.6) is 0 Å². The van der Waals surface area contributed by atoms with Crippen molar-refractivity contribution in [2.45, 2.75) is 38.0 Å². The minimum absolute atomic E-state index is 0.227. The number of aromatic nitrogens is 4. The van der Waals surface area contributed by atoms with E-state index in [1.54, 1.807) is 23.0 Å². The predicted octanol–water partition coefficient (Wildman–Crippen LogP) is 3.25. The molecular weight excluding hydrogens is 374 g/mol. The number of rotatable bonds is 4. The number of anilines is 1. The van der Waals surface area contributed by atoms with Gasteiger partial charge in [0.2, 0.25) is 9.84 Å². The summed E-state index contributed by atoms with van der Waals surface area (Å²) in [6.07, 6.45) is 2.74. The van der Waals surface area contributed by atoms with Crippen molar-refractivity contribution >= 4 is 38.3 Å². The molecule has 0 aliphatic carbocycles. The van der Waals surface area contributed by atoms with Crippen LogP contribution in [0.25, 0.3) is 11.0 Å². The number of nitrogens with one attached hydrogen (secondary N) is 1. The second-order valence-corrected chi connectivity index (χ2v) is 9.42. The highest BCUT2D eigenvalue weighted by molar-refractivity contribution is 7.90. The monoisotopic (exact) mass is 393 g/mol. The van der Waals surface area contributed by atoms with Gasteiger partial charge in [-0.3, -0.25) is 0 Å². The Morgan fingerprint density at radius 2 is 1.81 bits per heavy atom. The van der Waals surface area contributed by atoms with Gasteiger partial charge in [-0.1, -0.05) is 23.7 Å². The molecule has 0 radical (unpaired) electrons. The maximum absolute atomic E-state index is 12.0. The Balaban J connectivity index is 2.08. The lowest BCUT2D eigenvalue weighted by atomic mass is 10.1. The fourth-order valence-corrected chi connectivity index (χ4v) is 3.10. The van der Waals surface area contributed by atoms with Crippen molar-refractivity contribution in [1.82, 2.24) is 19.7 Å². The maximum Gasteiger partial charge on any atom is 0.250 e. The lowest BCUT2D eigenvalue weighted by Gasteiger charge is -2.20. The zero-order valence-corrected chi connectivity index (χ0v) is 16.6. The van der Waals surface area contributed by atoms with Crippen LogP contribution in [0.15, 0.2) is 35.6 Å². The summed E-state index contributed by atoms with van der Waals surface area (Å²) in [5.41, 5.74) is 1.12. The van der Waals surface area contributed by atoms with Crippen LogP contribution >= 0.6 is 11.6 Å². The van der Waals surface area contributed by atoms with Gasteiger partial charge in [-0.15, -0.1) is 0 Å². The van der Waals surface area contributed by atoms with E-state index in [0.29, 0.717) is 28.4 Å². The molecule has 0 aliphatic heterocycles. The van der Waals surface area contributed by atoms with Gasteiger partial charge >= 0.3 is 0 Å². The molecule has 1 N–H and O–H groups in total. The number of benzene rings is 1. The maximum atomic E-state index is 12.0. The zero-order valence-electron chi connectivity index (χ0n) is 15.0. The Bertz CT molecular complexity index is 1050. The number of fused-ring (bicyclic) bond motifs is 1. The van der Waals surface area contributed by atoms with Gasteiger partial charge in [0.25, 0.3) is 5.16 Å². The van der Waals surface area contributed by atoms with Crippen LogP contribution in [0.2, 0.25) is 5.02 Å². The number of hydrogen-bond acceptors (Lipinski definition) is 6. The predicted molar refractivity (Wildman–Crippen MR) is 102 cm³/mol. The quantitative estimate of drug-likeness (QED) is 0.684. The molecule has 9 heteroatoms. The van der Waals surface area contributed by atoms with E-state index >= 15 is 0 Å². The van der Waals surface area contributed by atoms with Crippen LogP contribution in [0.3, 0.4) is 0 Å². The molecule has 3 aromatic rings.